The van der Waals surface area contributed by atoms with E-state index in [9.17, 15) is 4.79 Å². The van der Waals surface area contributed by atoms with E-state index in [1.807, 2.05) is 10.8 Å². The number of imidazole rings is 1. The number of rotatable bonds is 3. The summed E-state index contributed by atoms with van der Waals surface area (Å²) in [5.41, 5.74) is 0. The molecule has 0 saturated heterocycles. The highest BCUT2D eigenvalue weighted by Crippen LogP contribution is 1.83. The van der Waals surface area contributed by atoms with Gasteiger partial charge in [-0.25, -0.2) is 4.98 Å². The number of hydrogen-bond donors (Lipinski definition) is 1. The summed E-state index contributed by atoms with van der Waals surface area (Å²) in [7, 11) is 0. The molecule has 1 aromatic rings. The van der Waals surface area contributed by atoms with Crippen LogP contribution in [0.15, 0.2) is 18.7 Å². The maximum atomic E-state index is 10.9. The Bertz CT molecular complexity index is 318. The SMILES string of the molecule is CC#CC(=O)NCCn1ccnc1. The van der Waals surface area contributed by atoms with E-state index < -0.39 is 0 Å². The summed E-state index contributed by atoms with van der Waals surface area (Å²) >= 11 is 0. The summed E-state index contributed by atoms with van der Waals surface area (Å²) in [6, 6.07) is 0. The minimum absolute atomic E-state index is 0.234. The predicted octanol–water partition coefficient (Wildman–Crippen LogP) is 0.0226. The molecule has 4 nitrogen and oxygen atoms in total. The smallest absolute Gasteiger partial charge is 0.295 e. The van der Waals surface area contributed by atoms with E-state index in [-0.39, 0.29) is 5.91 Å². The van der Waals surface area contributed by atoms with E-state index in [0.717, 1.165) is 6.54 Å². The summed E-state index contributed by atoms with van der Waals surface area (Å²) < 4.78 is 1.89. The van der Waals surface area contributed by atoms with Gasteiger partial charge in [0, 0.05) is 25.5 Å². The Morgan fingerprint density at radius 2 is 2.54 bits per heavy atom. The molecule has 0 atom stereocenters. The van der Waals surface area contributed by atoms with Crippen molar-refractivity contribution in [3.63, 3.8) is 0 Å². The molecular weight excluding hydrogens is 166 g/mol. The zero-order valence-corrected chi connectivity index (χ0v) is 7.45. The maximum absolute atomic E-state index is 10.9. The highest BCUT2D eigenvalue weighted by atomic mass is 16.1. The highest BCUT2D eigenvalue weighted by Gasteiger charge is 1.93. The summed E-state index contributed by atoms with van der Waals surface area (Å²) in [5.74, 6) is 4.70. The van der Waals surface area contributed by atoms with Crippen molar-refractivity contribution < 1.29 is 4.79 Å². The maximum Gasteiger partial charge on any atom is 0.295 e. The van der Waals surface area contributed by atoms with Crippen LogP contribution in [-0.2, 0) is 11.3 Å². The van der Waals surface area contributed by atoms with Crippen molar-refractivity contribution in [2.75, 3.05) is 6.54 Å². The van der Waals surface area contributed by atoms with Gasteiger partial charge in [-0.3, -0.25) is 4.79 Å². The van der Waals surface area contributed by atoms with Gasteiger partial charge < -0.3 is 9.88 Å². The first kappa shape index (κ1) is 9.33. The van der Waals surface area contributed by atoms with Gasteiger partial charge >= 0.3 is 0 Å². The monoisotopic (exact) mass is 177 g/mol. The van der Waals surface area contributed by atoms with Crippen LogP contribution in [0.1, 0.15) is 6.92 Å². The number of nitrogens with one attached hydrogen (secondary N) is 1. The van der Waals surface area contributed by atoms with Crippen LogP contribution in [0.25, 0.3) is 0 Å². The fraction of sp³-hybridized carbons (Fsp3) is 0.333. The summed E-state index contributed by atoms with van der Waals surface area (Å²) in [4.78, 5) is 14.7. The van der Waals surface area contributed by atoms with Crippen molar-refractivity contribution in [1.29, 1.82) is 0 Å². The Hall–Kier alpha value is -1.76. The first-order valence-electron chi connectivity index (χ1n) is 3.99. The van der Waals surface area contributed by atoms with Crippen LogP contribution in [0.3, 0.4) is 0 Å². The van der Waals surface area contributed by atoms with Gasteiger partial charge in [-0.15, -0.1) is 0 Å². The molecule has 1 N–H and O–H groups in total. The van der Waals surface area contributed by atoms with Crippen molar-refractivity contribution in [1.82, 2.24) is 14.9 Å². The minimum Gasteiger partial charge on any atom is -0.343 e. The van der Waals surface area contributed by atoms with Crippen LogP contribution >= 0.6 is 0 Å². The molecular formula is C9H11N3O. The normalized spacial score (nSPS) is 8.69. The molecule has 0 aliphatic rings. The molecule has 68 valence electrons. The number of carbonyl (C=O) groups is 1. The molecule has 1 heterocycles. The molecule has 0 spiro atoms. The fourth-order valence-electron chi connectivity index (χ4n) is 0.875. The van der Waals surface area contributed by atoms with Gasteiger partial charge in [-0.05, 0) is 12.8 Å². The second-order valence-corrected chi connectivity index (χ2v) is 2.43. The van der Waals surface area contributed by atoms with Gasteiger partial charge in [-0.2, -0.15) is 0 Å². The second kappa shape index (κ2) is 4.99. The zero-order valence-electron chi connectivity index (χ0n) is 7.45. The first-order valence-corrected chi connectivity index (χ1v) is 3.99. The van der Waals surface area contributed by atoms with E-state index >= 15 is 0 Å². The van der Waals surface area contributed by atoms with Crippen molar-refractivity contribution in [2.45, 2.75) is 13.5 Å². The first-order chi connectivity index (χ1) is 6.33. The third kappa shape index (κ3) is 3.43. The van der Waals surface area contributed by atoms with Gasteiger partial charge in [0.15, 0.2) is 0 Å². The van der Waals surface area contributed by atoms with Crippen molar-refractivity contribution in [3.05, 3.63) is 18.7 Å². The van der Waals surface area contributed by atoms with E-state index in [0.29, 0.717) is 6.54 Å². The van der Waals surface area contributed by atoms with Crippen LogP contribution < -0.4 is 5.32 Å². The summed E-state index contributed by atoms with van der Waals surface area (Å²) in [6.07, 6.45) is 5.25. The average Bonchev–Trinajstić information content (AvgIpc) is 2.57. The van der Waals surface area contributed by atoms with Crippen molar-refractivity contribution in [2.24, 2.45) is 0 Å². The molecule has 0 aliphatic heterocycles. The number of hydrogen-bond acceptors (Lipinski definition) is 2. The Kier molecular flexibility index (Phi) is 3.58. The number of aromatic nitrogens is 2. The molecule has 0 unspecified atom stereocenters. The van der Waals surface area contributed by atoms with E-state index in [2.05, 4.69) is 22.1 Å². The predicted molar refractivity (Wildman–Crippen MR) is 48.7 cm³/mol. The van der Waals surface area contributed by atoms with Crippen molar-refractivity contribution in [3.8, 4) is 11.8 Å². The van der Waals surface area contributed by atoms with Crippen molar-refractivity contribution >= 4 is 5.91 Å². The van der Waals surface area contributed by atoms with E-state index in [1.165, 1.54) is 0 Å². The van der Waals surface area contributed by atoms with Gasteiger partial charge in [0.05, 0.1) is 6.33 Å². The zero-order chi connectivity index (χ0) is 9.52. The fourth-order valence-corrected chi connectivity index (χ4v) is 0.875. The molecule has 0 radical (unpaired) electrons. The lowest BCUT2D eigenvalue weighted by molar-refractivity contribution is -0.115. The quantitative estimate of drug-likeness (QED) is 0.662. The molecule has 0 aromatic carbocycles. The molecule has 1 aromatic heterocycles. The second-order valence-electron chi connectivity index (χ2n) is 2.43. The number of carbonyl (C=O) groups excluding carboxylic acids is 1. The largest absolute Gasteiger partial charge is 0.343 e. The van der Waals surface area contributed by atoms with Gasteiger partial charge in [0.1, 0.15) is 0 Å². The molecule has 1 rings (SSSR count). The Labute approximate surface area is 77.0 Å². The summed E-state index contributed by atoms with van der Waals surface area (Å²) in [5, 5.41) is 2.66. The Morgan fingerprint density at radius 1 is 1.69 bits per heavy atom. The average molecular weight is 177 g/mol. The van der Waals surface area contributed by atoms with E-state index in [1.54, 1.807) is 19.4 Å². The molecule has 0 saturated carbocycles. The van der Waals surface area contributed by atoms with Gasteiger partial charge in [0.2, 0.25) is 0 Å². The minimum atomic E-state index is -0.234. The van der Waals surface area contributed by atoms with Crippen LogP contribution in [0.4, 0.5) is 0 Å². The number of nitrogens with zero attached hydrogens (tertiary/aromatic N) is 2. The van der Waals surface area contributed by atoms with E-state index in [4.69, 9.17) is 0 Å². The standard InChI is InChI=1S/C9H11N3O/c1-2-3-9(13)11-5-7-12-6-4-10-8-12/h4,6,8H,5,7H2,1H3,(H,11,13). The lowest BCUT2D eigenvalue weighted by Crippen LogP contribution is -2.25. The Morgan fingerprint density at radius 3 is 3.15 bits per heavy atom. The van der Waals surface area contributed by atoms with Crippen LogP contribution in [-0.4, -0.2) is 22.0 Å². The molecule has 0 fully saturated rings. The lowest BCUT2D eigenvalue weighted by atomic mass is 10.5. The third-order valence-corrected chi connectivity index (χ3v) is 1.45. The topological polar surface area (TPSA) is 46.9 Å². The molecule has 0 bridgehead atoms. The molecule has 0 aliphatic carbocycles. The van der Waals surface area contributed by atoms with Crippen LogP contribution in [0.2, 0.25) is 0 Å². The highest BCUT2D eigenvalue weighted by molar-refractivity contribution is 5.93. The van der Waals surface area contributed by atoms with Crippen LogP contribution in [0.5, 0.6) is 0 Å². The number of amides is 1. The van der Waals surface area contributed by atoms with Gasteiger partial charge in [0.25, 0.3) is 5.91 Å². The Balaban J connectivity index is 2.20. The summed E-state index contributed by atoms with van der Waals surface area (Å²) in [6.45, 7) is 2.93. The third-order valence-electron chi connectivity index (χ3n) is 1.45. The molecule has 13 heavy (non-hydrogen) atoms. The van der Waals surface area contributed by atoms with Crippen LogP contribution in [0, 0.1) is 11.8 Å². The molecule has 4 heteroatoms. The lowest BCUT2D eigenvalue weighted by Gasteiger charge is -2.01. The van der Waals surface area contributed by atoms with Gasteiger partial charge in [-0.1, -0.05) is 5.92 Å². The molecule has 1 amide bonds.